The summed E-state index contributed by atoms with van der Waals surface area (Å²) in [6.45, 7) is 17.3. The SMILES string of the molecule is CCCC(CS(=O)(=O)O)Oc1c(C)c(C)c2c(c1C)CCC(C)(CCCC(C)CCCC(C)C)O2. The molecule has 1 N–H and O–H groups in total. The van der Waals surface area contributed by atoms with Gasteiger partial charge in [-0.25, -0.2) is 0 Å². The summed E-state index contributed by atoms with van der Waals surface area (Å²) in [6.07, 6.45) is 10.1. The monoisotopic (exact) mass is 510 g/mol. The van der Waals surface area contributed by atoms with E-state index in [4.69, 9.17) is 9.47 Å². The molecule has 3 unspecified atom stereocenters. The second kappa shape index (κ2) is 12.8. The maximum Gasteiger partial charge on any atom is 0.268 e. The van der Waals surface area contributed by atoms with Crippen LogP contribution < -0.4 is 9.47 Å². The summed E-state index contributed by atoms with van der Waals surface area (Å²) in [5.41, 5.74) is 4.09. The maximum atomic E-state index is 11.5. The van der Waals surface area contributed by atoms with Gasteiger partial charge in [0.25, 0.3) is 10.1 Å². The molecule has 6 heteroatoms. The zero-order valence-corrected chi connectivity index (χ0v) is 24.3. The van der Waals surface area contributed by atoms with E-state index < -0.39 is 16.2 Å². The molecule has 0 amide bonds. The minimum Gasteiger partial charge on any atom is -0.489 e. The van der Waals surface area contributed by atoms with E-state index in [1.807, 2.05) is 20.8 Å². The largest absolute Gasteiger partial charge is 0.489 e. The molecule has 3 atom stereocenters. The topological polar surface area (TPSA) is 72.8 Å². The first-order valence-corrected chi connectivity index (χ1v) is 15.3. The summed E-state index contributed by atoms with van der Waals surface area (Å²) in [5.74, 6) is 2.88. The van der Waals surface area contributed by atoms with Crippen LogP contribution in [0.4, 0.5) is 0 Å². The number of rotatable bonds is 14. The van der Waals surface area contributed by atoms with E-state index in [0.717, 1.165) is 65.7 Å². The lowest BCUT2D eigenvalue weighted by Gasteiger charge is -2.39. The Morgan fingerprint density at radius 2 is 1.66 bits per heavy atom. The predicted molar refractivity (Wildman–Crippen MR) is 145 cm³/mol. The van der Waals surface area contributed by atoms with Crippen molar-refractivity contribution in [2.75, 3.05) is 5.75 Å². The Balaban J connectivity index is 2.11. The number of hydrogen-bond donors (Lipinski definition) is 1. The molecule has 0 radical (unpaired) electrons. The summed E-state index contributed by atoms with van der Waals surface area (Å²) in [7, 11) is -4.11. The zero-order valence-electron chi connectivity index (χ0n) is 23.5. The fourth-order valence-electron chi connectivity index (χ4n) is 5.38. The Bertz CT molecular complexity index is 937. The molecule has 1 heterocycles. The Hall–Kier alpha value is -1.27. The minimum absolute atomic E-state index is 0.160. The number of ether oxygens (including phenoxy) is 2. The van der Waals surface area contributed by atoms with E-state index in [-0.39, 0.29) is 11.4 Å². The molecule has 0 aliphatic carbocycles. The maximum absolute atomic E-state index is 11.5. The number of hydrogen-bond acceptors (Lipinski definition) is 4. The van der Waals surface area contributed by atoms with E-state index >= 15 is 0 Å². The van der Waals surface area contributed by atoms with Crippen molar-refractivity contribution >= 4 is 10.1 Å². The van der Waals surface area contributed by atoms with Crippen molar-refractivity contribution in [3.8, 4) is 11.5 Å². The van der Waals surface area contributed by atoms with Gasteiger partial charge in [0.2, 0.25) is 0 Å². The highest BCUT2D eigenvalue weighted by molar-refractivity contribution is 7.85. The molecule has 1 aliphatic heterocycles. The van der Waals surface area contributed by atoms with Crippen molar-refractivity contribution in [1.82, 2.24) is 0 Å². The molecule has 0 saturated carbocycles. The van der Waals surface area contributed by atoms with Crippen molar-refractivity contribution in [2.45, 2.75) is 131 Å². The van der Waals surface area contributed by atoms with E-state index in [9.17, 15) is 13.0 Å². The van der Waals surface area contributed by atoms with E-state index in [2.05, 4.69) is 34.6 Å². The number of benzene rings is 1. The molecule has 1 aliphatic rings. The highest BCUT2D eigenvalue weighted by atomic mass is 32.2. The van der Waals surface area contributed by atoms with Crippen molar-refractivity contribution in [2.24, 2.45) is 11.8 Å². The van der Waals surface area contributed by atoms with Gasteiger partial charge in [-0.15, -0.1) is 0 Å². The first-order valence-electron chi connectivity index (χ1n) is 13.7. The van der Waals surface area contributed by atoms with Crippen molar-refractivity contribution in [1.29, 1.82) is 0 Å². The van der Waals surface area contributed by atoms with Gasteiger partial charge < -0.3 is 9.47 Å². The van der Waals surface area contributed by atoms with Gasteiger partial charge in [0.1, 0.15) is 29.0 Å². The summed E-state index contributed by atoms with van der Waals surface area (Å²) in [6, 6.07) is 0. The summed E-state index contributed by atoms with van der Waals surface area (Å²) >= 11 is 0. The highest BCUT2D eigenvalue weighted by Crippen LogP contribution is 2.45. The van der Waals surface area contributed by atoms with Crippen LogP contribution in [-0.4, -0.2) is 30.4 Å². The standard InChI is InChI=1S/C29H50O5S/c1-9-12-25(19-35(30,31)32)33-27-22(5)23(6)28-26(24(27)7)16-18-29(8,34-28)17-11-15-21(4)14-10-13-20(2)3/h20-21,25H,9-19H2,1-8H3,(H,30,31,32). The Morgan fingerprint density at radius 3 is 2.26 bits per heavy atom. The molecule has 0 fully saturated rings. The molecule has 5 nitrogen and oxygen atoms in total. The fraction of sp³-hybridized carbons (Fsp3) is 0.793. The average molecular weight is 511 g/mol. The lowest BCUT2D eigenvalue weighted by molar-refractivity contribution is 0.0510. The van der Waals surface area contributed by atoms with Crippen molar-refractivity contribution in [3.63, 3.8) is 0 Å². The van der Waals surface area contributed by atoms with E-state index in [1.165, 1.54) is 37.7 Å². The summed E-state index contributed by atoms with van der Waals surface area (Å²) in [5, 5.41) is 0. The fourth-order valence-corrected chi connectivity index (χ4v) is 6.08. The van der Waals surface area contributed by atoms with Gasteiger partial charge in [0, 0.05) is 5.56 Å². The van der Waals surface area contributed by atoms with Gasteiger partial charge in [0.15, 0.2) is 0 Å². The summed E-state index contributed by atoms with van der Waals surface area (Å²) < 4.78 is 45.3. The zero-order chi connectivity index (χ0) is 26.4. The molecule has 0 saturated heterocycles. The summed E-state index contributed by atoms with van der Waals surface area (Å²) in [4.78, 5) is 0. The van der Waals surface area contributed by atoms with Gasteiger partial charge in [-0.05, 0) is 88.3 Å². The third-order valence-corrected chi connectivity index (χ3v) is 8.53. The second-order valence-electron chi connectivity index (χ2n) is 11.7. The quantitative estimate of drug-likeness (QED) is 0.259. The smallest absolute Gasteiger partial charge is 0.268 e. The molecule has 0 bridgehead atoms. The minimum atomic E-state index is -4.11. The second-order valence-corrected chi connectivity index (χ2v) is 13.2. The van der Waals surface area contributed by atoms with Crippen LogP contribution in [0.5, 0.6) is 11.5 Å². The lowest BCUT2D eigenvalue weighted by atomic mass is 9.84. The molecule has 35 heavy (non-hydrogen) atoms. The van der Waals surface area contributed by atoms with Crippen molar-refractivity contribution in [3.05, 3.63) is 22.3 Å². The molecule has 1 aromatic carbocycles. The lowest BCUT2D eigenvalue weighted by Crippen LogP contribution is -2.37. The van der Waals surface area contributed by atoms with Crippen LogP contribution in [-0.2, 0) is 16.5 Å². The van der Waals surface area contributed by atoms with Gasteiger partial charge >= 0.3 is 0 Å². The van der Waals surface area contributed by atoms with Crippen molar-refractivity contribution < 1.29 is 22.4 Å². The average Bonchev–Trinajstić information content (AvgIpc) is 2.74. The van der Waals surface area contributed by atoms with Gasteiger partial charge in [-0.2, -0.15) is 8.42 Å². The van der Waals surface area contributed by atoms with Gasteiger partial charge in [-0.1, -0.05) is 59.8 Å². The van der Waals surface area contributed by atoms with Crippen LogP contribution in [0, 0.1) is 32.6 Å². The Morgan fingerprint density at radius 1 is 1.00 bits per heavy atom. The predicted octanol–water partition coefficient (Wildman–Crippen LogP) is 7.76. The molecule has 202 valence electrons. The van der Waals surface area contributed by atoms with Crippen LogP contribution in [0.2, 0.25) is 0 Å². The Labute approximate surface area is 215 Å². The van der Waals surface area contributed by atoms with Crippen LogP contribution in [0.15, 0.2) is 0 Å². The molecule has 0 aromatic heterocycles. The molecular formula is C29H50O5S. The Kier molecular flexibility index (Phi) is 11.0. The molecular weight excluding hydrogens is 460 g/mol. The first-order chi connectivity index (χ1) is 16.3. The van der Waals surface area contributed by atoms with Crippen LogP contribution in [0.3, 0.4) is 0 Å². The van der Waals surface area contributed by atoms with Gasteiger partial charge in [-0.3, -0.25) is 4.55 Å². The normalized spacial score (nSPS) is 19.8. The van der Waals surface area contributed by atoms with E-state index in [1.54, 1.807) is 0 Å². The van der Waals surface area contributed by atoms with Gasteiger partial charge in [0.05, 0.1) is 0 Å². The molecule has 2 rings (SSSR count). The number of fused-ring (bicyclic) bond motifs is 1. The van der Waals surface area contributed by atoms with E-state index in [0.29, 0.717) is 6.42 Å². The highest BCUT2D eigenvalue weighted by Gasteiger charge is 2.35. The molecule has 0 spiro atoms. The first kappa shape index (κ1) is 30.0. The third-order valence-electron chi connectivity index (χ3n) is 7.74. The van der Waals surface area contributed by atoms with Crippen LogP contribution >= 0.6 is 0 Å². The van der Waals surface area contributed by atoms with Crippen LogP contribution in [0.25, 0.3) is 0 Å². The van der Waals surface area contributed by atoms with Crippen LogP contribution in [0.1, 0.15) is 115 Å². The molecule has 1 aromatic rings. The third kappa shape index (κ3) is 8.96.